The van der Waals surface area contributed by atoms with Crippen LogP contribution in [0.15, 0.2) is 12.7 Å². The van der Waals surface area contributed by atoms with Crippen molar-refractivity contribution in [2.45, 2.75) is 33.1 Å². The molecule has 0 spiro atoms. The number of rotatable bonds is 1. The van der Waals surface area contributed by atoms with Crippen molar-refractivity contribution in [2.24, 2.45) is 16.7 Å². The van der Waals surface area contributed by atoms with E-state index in [1.165, 1.54) is 6.42 Å². The van der Waals surface area contributed by atoms with Crippen molar-refractivity contribution in [1.82, 2.24) is 0 Å². The molecule has 0 radical (unpaired) electrons. The Balaban J connectivity index is 2.31. The Bertz CT molecular complexity index is 256. The molecule has 0 aromatic carbocycles. The molecule has 2 saturated carbocycles. The monoisotopic (exact) mass is 164 g/mol. The summed E-state index contributed by atoms with van der Waals surface area (Å²) in [4.78, 5) is 11.3. The van der Waals surface area contributed by atoms with Crippen molar-refractivity contribution in [3.05, 3.63) is 12.7 Å². The van der Waals surface area contributed by atoms with Crippen LogP contribution in [0, 0.1) is 16.7 Å². The Labute approximate surface area is 73.8 Å². The van der Waals surface area contributed by atoms with Crippen LogP contribution in [0.5, 0.6) is 0 Å². The minimum absolute atomic E-state index is 0.242. The number of carbonyl (C=O) groups excluding carboxylic acids is 1. The SMILES string of the molecule is C=C[C@@H]1C[C@@]2(C)CC(=O)C[C@@]12C. The lowest BCUT2D eigenvalue weighted by molar-refractivity contribution is -0.118. The molecule has 0 aromatic heterocycles. The van der Waals surface area contributed by atoms with Gasteiger partial charge >= 0.3 is 0 Å². The Morgan fingerprint density at radius 3 is 2.67 bits per heavy atom. The lowest BCUT2D eigenvalue weighted by atomic mass is 9.47. The third-order valence-corrected chi connectivity index (χ3v) is 4.30. The normalized spacial score (nSPS) is 51.5. The van der Waals surface area contributed by atoms with Crippen molar-refractivity contribution in [3.8, 4) is 0 Å². The summed E-state index contributed by atoms with van der Waals surface area (Å²) >= 11 is 0. The maximum absolute atomic E-state index is 11.3. The van der Waals surface area contributed by atoms with Crippen LogP contribution in [-0.2, 0) is 4.79 Å². The zero-order valence-electron chi connectivity index (χ0n) is 7.89. The fourth-order valence-electron chi connectivity index (χ4n) is 3.13. The fraction of sp³-hybridized carbons (Fsp3) is 0.727. The topological polar surface area (TPSA) is 17.1 Å². The van der Waals surface area contributed by atoms with Crippen LogP contribution >= 0.6 is 0 Å². The zero-order chi connectivity index (χ0) is 8.98. The number of allylic oxidation sites excluding steroid dienone is 1. The zero-order valence-corrected chi connectivity index (χ0v) is 7.89. The second kappa shape index (κ2) is 2.01. The highest BCUT2D eigenvalue weighted by atomic mass is 16.1. The van der Waals surface area contributed by atoms with Gasteiger partial charge in [-0.05, 0) is 23.2 Å². The molecule has 0 aliphatic heterocycles. The van der Waals surface area contributed by atoms with E-state index >= 15 is 0 Å². The van der Waals surface area contributed by atoms with E-state index in [1.807, 2.05) is 6.08 Å². The molecule has 2 aliphatic carbocycles. The first-order valence-corrected chi connectivity index (χ1v) is 4.66. The van der Waals surface area contributed by atoms with E-state index in [0.717, 1.165) is 12.8 Å². The first kappa shape index (κ1) is 8.03. The standard InChI is InChI=1S/C11H16O/c1-4-8-5-10(2)6-9(12)7-11(8,10)3/h4,8H,1,5-7H2,2-3H3/t8-,10+,11+/m1/s1. The summed E-state index contributed by atoms with van der Waals surface area (Å²) in [6, 6.07) is 0. The summed E-state index contributed by atoms with van der Waals surface area (Å²) in [5.74, 6) is 1.03. The molecule has 0 heterocycles. The Kier molecular flexibility index (Phi) is 1.35. The molecule has 2 rings (SSSR count). The van der Waals surface area contributed by atoms with Gasteiger partial charge in [0, 0.05) is 12.8 Å². The van der Waals surface area contributed by atoms with Gasteiger partial charge in [0.15, 0.2) is 0 Å². The molecule has 2 fully saturated rings. The maximum Gasteiger partial charge on any atom is 0.134 e. The van der Waals surface area contributed by atoms with Crippen LogP contribution in [0.25, 0.3) is 0 Å². The van der Waals surface area contributed by atoms with Gasteiger partial charge in [0.1, 0.15) is 5.78 Å². The molecule has 0 aromatic rings. The van der Waals surface area contributed by atoms with Gasteiger partial charge in [0.25, 0.3) is 0 Å². The molecule has 0 N–H and O–H groups in total. The number of hydrogen-bond acceptors (Lipinski definition) is 1. The van der Waals surface area contributed by atoms with Crippen LogP contribution < -0.4 is 0 Å². The smallest absolute Gasteiger partial charge is 0.134 e. The quantitative estimate of drug-likeness (QED) is 0.544. The maximum atomic E-state index is 11.3. The summed E-state index contributed by atoms with van der Waals surface area (Å²) in [6.45, 7) is 8.32. The Morgan fingerprint density at radius 1 is 1.50 bits per heavy atom. The van der Waals surface area contributed by atoms with Crippen molar-refractivity contribution in [2.75, 3.05) is 0 Å². The van der Waals surface area contributed by atoms with Crippen molar-refractivity contribution in [3.63, 3.8) is 0 Å². The molecule has 0 saturated heterocycles. The summed E-state index contributed by atoms with van der Waals surface area (Å²) in [6.07, 6.45) is 4.77. The Hall–Kier alpha value is -0.590. The van der Waals surface area contributed by atoms with Gasteiger partial charge in [-0.15, -0.1) is 6.58 Å². The van der Waals surface area contributed by atoms with Gasteiger partial charge in [0.05, 0.1) is 0 Å². The number of hydrogen-bond donors (Lipinski definition) is 0. The van der Waals surface area contributed by atoms with E-state index in [0.29, 0.717) is 17.1 Å². The van der Waals surface area contributed by atoms with Gasteiger partial charge in [0.2, 0.25) is 0 Å². The minimum Gasteiger partial charge on any atom is -0.300 e. The fourth-order valence-corrected chi connectivity index (χ4v) is 3.13. The molecule has 66 valence electrons. The molecule has 12 heavy (non-hydrogen) atoms. The van der Waals surface area contributed by atoms with Crippen LogP contribution in [0.2, 0.25) is 0 Å². The van der Waals surface area contributed by atoms with E-state index in [2.05, 4.69) is 20.4 Å². The highest BCUT2D eigenvalue weighted by Gasteiger charge is 2.63. The van der Waals surface area contributed by atoms with Crippen LogP contribution in [0.3, 0.4) is 0 Å². The van der Waals surface area contributed by atoms with E-state index in [4.69, 9.17) is 0 Å². The van der Waals surface area contributed by atoms with Gasteiger partial charge in [-0.25, -0.2) is 0 Å². The predicted molar refractivity (Wildman–Crippen MR) is 48.8 cm³/mol. The minimum atomic E-state index is 0.242. The van der Waals surface area contributed by atoms with E-state index in [9.17, 15) is 4.79 Å². The molecule has 1 heteroatoms. The predicted octanol–water partition coefficient (Wildman–Crippen LogP) is 2.57. The van der Waals surface area contributed by atoms with Crippen molar-refractivity contribution in [1.29, 1.82) is 0 Å². The second-order valence-electron chi connectivity index (χ2n) is 4.92. The third kappa shape index (κ3) is 0.675. The molecular weight excluding hydrogens is 148 g/mol. The number of carbonyl (C=O) groups is 1. The molecule has 0 amide bonds. The molecule has 0 bridgehead atoms. The molecule has 1 nitrogen and oxygen atoms in total. The van der Waals surface area contributed by atoms with Gasteiger partial charge in [-0.3, -0.25) is 4.79 Å². The van der Waals surface area contributed by atoms with Crippen LogP contribution in [0.1, 0.15) is 33.1 Å². The van der Waals surface area contributed by atoms with Gasteiger partial charge in [-0.2, -0.15) is 0 Å². The Morgan fingerprint density at radius 2 is 2.17 bits per heavy atom. The van der Waals surface area contributed by atoms with Gasteiger partial charge in [-0.1, -0.05) is 19.9 Å². The average Bonchev–Trinajstić information content (AvgIpc) is 2.13. The van der Waals surface area contributed by atoms with Crippen molar-refractivity contribution >= 4 is 5.78 Å². The number of ketones is 1. The largest absolute Gasteiger partial charge is 0.300 e. The van der Waals surface area contributed by atoms with Crippen molar-refractivity contribution < 1.29 is 4.79 Å². The number of Topliss-reactive ketones (excluding diaryl/α,β-unsaturated/α-hetero) is 1. The molecular formula is C11H16O. The second-order valence-corrected chi connectivity index (χ2v) is 4.92. The molecule has 0 unspecified atom stereocenters. The van der Waals surface area contributed by atoms with Crippen LogP contribution in [-0.4, -0.2) is 5.78 Å². The highest BCUT2D eigenvalue weighted by molar-refractivity contribution is 5.83. The first-order valence-electron chi connectivity index (χ1n) is 4.66. The van der Waals surface area contributed by atoms with Crippen LogP contribution in [0.4, 0.5) is 0 Å². The molecule has 2 aliphatic rings. The summed E-state index contributed by atoms with van der Waals surface area (Å²) in [7, 11) is 0. The lowest BCUT2D eigenvalue weighted by Gasteiger charge is -2.57. The summed E-state index contributed by atoms with van der Waals surface area (Å²) in [5.41, 5.74) is 0.536. The number of fused-ring (bicyclic) bond motifs is 1. The first-order chi connectivity index (χ1) is 5.52. The lowest BCUT2D eigenvalue weighted by Crippen LogP contribution is -2.50. The molecule has 3 atom stereocenters. The third-order valence-electron chi connectivity index (χ3n) is 4.30. The van der Waals surface area contributed by atoms with E-state index in [-0.39, 0.29) is 5.41 Å². The van der Waals surface area contributed by atoms with Gasteiger partial charge < -0.3 is 0 Å². The van der Waals surface area contributed by atoms with E-state index in [1.54, 1.807) is 0 Å². The highest BCUT2D eigenvalue weighted by Crippen LogP contribution is 2.68. The summed E-state index contributed by atoms with van der Waals surface area (Å²) < 4.78 is 0. The van der Waals surface area contributed by atoms with E-state index < -0.39 is 0 Å². The average molecular weight is 164 g/mol. The summed E-state index contributed by atoms with van der Waals surface area (Å²) in [5, 5.41) is 0.